The number of hydrogen-bond donors (Lipinski definition) is 1. The van der Waals surface area contributed by atoms with Gasteiger partial charge in [-0.05, 0) is 12.1 Å². The Morgan fingerprint density at radius 2 is 1.67 bits per heavy atom. The van der Waals surface area contributed by atoms with Crippen LogP contribution in [0.3, 0.4) is 0 Å². The van der Waals surface area contributed by atoms with Gasteiger partial charge in [0.05, 0.1) is 19.8 Å². The molecule has 0 unspecified atom stereocenters. The molecular formula is C14H22O4. The molecule has 0 aliphatic rings. The molecule has 4 nitrogen and oxygen atoms in total. The lowest BCUT2D eigenvalue weighted by molar-refractivity contribution is 0.0935. The van der Waals surface area contributed by atoms with Gasteiger partial charge in [-0.25, -0.2) is 0 Å². The fourth-order valence-electron chi connectivity index (χ4n) is 1.24. The molecular weight excluding hydrogens is 232 g/mol. The lowest BCUT2D eigenvalue weighted by Gasteiger charge is -2.22. The van der Waals surface area contributed by atoms with Gasteiger partial charge in [0, 0.05) is 12.5 Å². The predicted octanol–water partition coefficient (Wildman–Crippen LogP) is 2.11. The zero-order chi connectivity index (χ0) is 13.4. The van der Waals surface area contributed by atoms with Crippen LogP contribution in [-0.4, -0.2) is 38.6 Å². The van der Waals surface area contributed by atoms with Gasteiger partial charge in [-0.2, -0.15) is 0 Å². The molecule has 4 heteroatoms. The Hall–Kier alpha value is -1.26. The molecule has 1 N–H and O–H groups in total. The van der Waals surface area contributed by atoms with E-state index in [4.69, 9.17) is 14.2 Å². The largest absolute Gasteiger partial charge is 0.489 e. The van der Waals surface area contributed by atoms with E-state index in [1.807, 2.05) is 38.1 Å². The number of aliphatic hydroxyl groups is 1. The Balaban J connectivity index is 2.58. The Kier molecular flexibility index (Phi) is 5.95. The summed E-state index contributed by atoms with van der Waals surface area (Å²) in [6.45, 7) is 5.44. The summed E-state index contributed by atoms with van der Waals surface area (Å²) in [5.74, 6) is 1.39. The third-order valence-corrected chi connectivity index (χ3v) is 2.44. The molecule has 102 valence electrons. The minimum Gasteiger partial charge on any atom is -0.489 e. The highest BCUT2D eigenvalue weighted by Gasteiger charge is 2.18. The average Bonchev–Trinajstić information content (AvgIpc) is 2.38. The molecule has 0 bridgehead atoms. The zero-order valence-corrected chi connectivity index (χ0v) is 11.3. The van der Waals surface area contributed by atoms with Crippen molar-refractivity contribution in [1.29, 1.82) is 0 Å². The molecule has 0 saturated heterocycles. The summed E-state index contributed by atoms with van der Waals surface area (Å²) in [7, 11) is 1.63. The number of ether oxygens (including phenoxy) is 3. The predicted molar refractivity (Wildman–Crippen MR) is 70.2 cm³/mol. The number of hydrogen-bond acceptors (Lipinski definition) is 4. The van der Waals surface area contributed by atoms with Crippen LogP contribution in [0, 0.1) is 5.41 Å². The van der Waals surface area contributed by atoms with Crippen molar-refractivity contribution in [3.8, 4) is 11.5 Å². The molecule has 1 aromatic rings. The SMILES string of the molecule is COCCOc1ccccc1OCC(C)(C)CO. The van der Waals surface area contributed by atoms with Gasteiger partial charge in [-0.15, -0.1) is 0 Å². The molecule has 0 radical (unpaired) electrons. The van der Waals surface area contributed by atoms with Crippen LogP contribution in [0.2, 0.25) is 0 Å². The van der Waals surface area contributed by atoms with Crippen LogP contribution in [-0.2, 0) is 4.74 Å². The first kappa shape index (κ1) is 14.8. The summed E-state index contributed by atoms with van der Waals surface area (Å²) < 4.78 is 16.2. The Morgan fingerprint density at radius 1 is 1.06 bits per heavy atom. The van der Waals surface area contributed by atoms with E-state index < -0.39 is 0 Å². The number of benzene rings is 1. The van der Waals surface area contributed by atoms with Gasteiger partial charge in [0.2, 0.25) is 0 Å². The minimum atomic E-state index is -0.264. The zero-order valence-electron chi connectivity index (χ0n) is 11.3. The molecule has 1 rings (SSSR count). The first-order chi connectivity index (χ1) is 8.59. The molecule has 0 heterocycles. The van der Waals surface area contributed by atoms with Gasteiger partial charge in [0.15, 0.2) is 11.5 Å². The highest BCUT2D eigenvalue weighted by atomic mass is 16.5. The summed E-state index contributed by atoms with van der Waals surface area (Å²) in [6.07, 6.45) is 0. The first-order valence-electron chi connectivity index (χ1n) is 6.03. The van der Waals surface area contributed by atoms with Crippen LogP contribution in [0.15, 0.2) is 24.3 Å². The second-order valence-electron chi connectivity index (χ2n) is 4.90. The molecule has 0 amide bonds. The standard InChI is InChI=1S/C14H22O4/c1-14(2,10-15)11-18-13-7-5-4-6-12(13)17-9-8-16-3/h4-7,15H,8-11H2,1-3H3. The van der Waals surface area contributed by atoms with Gasteiger partial charge in [-0.1, -0.05) is 26.0 Å². The van der Waals surface area contributed by atoms with Crippen LogP contribution in [0.25, 0.3) is 0 Å². The normalized spacial score (nSPS) is 11.3. The van der Waals surface area contributed by atoms with Crippen molar-refractivity contribution in [2.75, 3.05) is 33.5 Å². The van der Waals surface area contributed by atoms with Crippen LogP contribution >= 0.6 is 0 Å². The van der Waals surface area contributed by atoms with Crippen LogP contribution in [0.5, 0.6) is 11.5 Å². The molecule has 18 heavy (non-hydrogen) atoms. The van der Waals surface area contributed by atoms with Crippen LogP contribution in [0.1, 0.15) is 13.8 Å². The van der Waals surface area contributed by atoms with Gasteiger partial charge >= 0.3 is 0 Å². The van der Waals surface area contributed by atoms with Crippen molar-refractivity contribution in [2.45, 2.75) is 13.8 Å². The monoisotopic (exact) mass is 254 g/mol. The van der Waals surface area contributed by atoms with E-state index in [-0.39, 0.29) is 12.0 Å². The Morgan fingerprint density at radius 3 is 2.22 bits per heavy atom. The summed E-state index contributed by atoms with van der Waals surface area (Å²) >= 11 is 0. The van der Waals surface area contributed by atoms with E-state index in [2.05, 4.69) is 0 Å². The lowest BCUT2D eigenvalue weighted by Crippen LogP contribution is -2.25. The molecule has 0 aliphatic heterocycles. The topological polar surface area (TPSA) is 47.9 Å². The second-order valence-corrected chi connectivity index (χ2v) is 4.90. The fraction of sp³-hybridized carbons (Fsp3) is 0.571. The van der Waals surface area contributed by atoms with Gasteiger partial charge in [-0.3, -0.25) is 0 Å². The molecule has 0 aliphatic carbocycles. The Bertz CT molecular complexity index is 349. The average molecular weight is 254 g/mol. The second kappa shape index (κ2) is 7.24. The molecule has 1 aromatic carbocycles. The number of para-hydroxylation sites is 2. The molecule has 0 atom stereocenters. The van der Waals surface area contributed by atoms with E-state index in [9.17, 15) is 5.11 Å². The fourth-order valence-corrected chi connectivity index (χ4v) is 1.24. The quantitative estimate of drug-likeness (QED) is 0.722. The van der Waals surface area contributed by atoms with E-state index in [1.54, 1.807) is 7.11 Å². The number of rotatable bonds is 8. The third-order valence-electron chi connectivity index (χ3n) is 2.44. The maximum absolute atomic E-state index is 9.19. The van der Waals surface area contributed by atoms with E-state index in [0.717, 1.165) is 0 Å². The van der Waals surface area contributed by atoms with E-state index >= 15 is 0 Å². The van der Waals surface area contributed by atoms with Crippen molar-refractivity contribution in [2.24, 2.45) is 5.41 Å². The van der Waals surface area contributed by atoms with E-state index in [1.165, 1.54) is 0 Å². The maximum Gasteiger partial charge on any atom is 0.161 e. The minimum absolute atomic E-state index is 0.0830. The van der Waals surface area contributed by atoms with E-state index in [0.29, 0.717) is 31.3 Å². The van der Waals surface area contributed by atoms with Gasteiger partial charge in [0.25, 0.3) is 0 Å². The summed E-state index contributed by atoms with van der Waals surface area (Å²) in [4.78, 5) is 0. The summed E-state index contributed by atoms with van der Waals surface area (Å²) in [6, 6.07) is 7.50. The lowest BCUT2D eigenvalue weighted by atomic mass is 9.96. The number of aliphatic hydroxyl groups excluding tert-OH is 1. The first-order valence-corrected chi connectivity index (χ1v) is 6.03. The van der Waals surface area contributed by atoms with Crippen LogP contribution < -0.4 is 9.47 Å². The van der Waals surface area contributed by atoms with Crippen molar-refractivity contribution >= 4 is 0 Å². The molecule has 0 saturated carbocycles. The number of methoxy groups -OCH3 is 1. The van der Waals surface area contributed by atoms with Gasteiger partial charge in [0.1, 0.15) is 6.61 Å². The maximum atomic E-state index is 9.19. The van der Waals surface area contributed by atoms with Crippen molar-refractivity contribution in [3.05, 3.63) is 24.3 Å². The van der Waals surface area contributed by atoms with Crippen molar-refractivity contribution in [1.82, 2.24) is 0 Å². The summed E-state index contributed by atoms with van der Waals surface area (Å²) in [5, 5.41) is 9.19. The van der Waals surface area contributed by atoms with Crippen LogP contribution in [0.4, 0.5) is 0 Å². The Labute approximate surface area is 108 Å². The molecule has 0 spiro atoms. The van der Waals surface area contributed by atoms with Crippen molar-refractivity contribution in [3.63, 3.8) is 0 Å². The third kappa shape index (κ3) is 4.94. The smallest absolute Gasteiger partial charge is 0.161 e. The molecule has 0 aromatic heterocycles. The molecule has 0 fully saturated rings. The summed E-state index contributed by atoms with van der Waals surface area (Å²) in [5.41, 5.74) is -0.264. The highest BCUT2D eigenvalue weighted by Crippen LogP contribution is 2.28. The van der Waals surface area contributed by atoms with Crippen molar-refractivity contribution < 1.29 is 19.3 Å². The highest BCUT2D eigenvalue weighted by molar-refractivity contribution is 5.39. The van der Waals surface area contributed by atoms with Gasteiger partial charge < -0.3 is 19.3 Å².